The van der Waals surface area contributed by atoms with Crippen LogP contribution in [0.5, 0.6) is 5.75 Å². The van der Waals surface area contributed by atoms with E-state index in [9.17, 15) is 40.3 Å². The number of amides is 2. The minimum absolute atomic E-state index is 0.0521. The monoisotopic (exact) mass is 1190 g/mol. The van der Waals surface area contributed by atoms with E-state index in [-0.39, 0.29) is 48.2 Å². The van der Waals surface area contributed by atoms with Gasteiger partial charge < -0.3 is 30.6 Å². The normalized spacial score (nSPS) is 17.0. The summed E-state index contributed by atoms with van der Waals surface area (Å²) in [5.41, 5.74) is 20.8. The van der Waals surface area contributed by atoms with Crippen molar-refractivity contribution < 1.29 is 44.8 Å². The Morgan fingerprint density at radius 1 is 0.871 bits per heavy atom. The summed E-state index contributed by atoms with van der Waals surface area (Å²) in [5.74, 6) is -0.298. The van der Waals surface area contributed by atoms with Crippen LogP contribution in [-0.2, 0) is 48.8 Å². The first kappa shape index (κ1) is 61.2. The molecule has 3 aliphatic rings. The number of hydrazine groups is 1. The number of H-pyrrole nitrogens is 1. The molecule has 4 aromatic carbocycles. The fourth-order valence-corrected chi connectivity index (χ4v) is 12.3. The second-order valence-electron chi connectivity index (χ2n) is 22.4. The van der Waals surface area contributed by atoms with Gasteiger partial charge in [0.1, 0.15) is 24.2 Å². The predicted molar refractivity (Wildman–Crippen MR) is 327 cm³/mol. The topological polar surface area (TPSA) is 307 Å². The number of nitrogens with one attached hydrogen (secondary N) is 5. The minimum Gasteiger partial charge on any atom is -0.748 e. The number of allylic oxidation sites excluding steroid dienone is 7. The highest BCUT2D eigenvalue weighted by Crippen LogP contribution is 2.48. The molecule has 4 heterocycles. The number of aromatic amines is 1. The number of nitrogens with zero attached hydrogens (tertiary/aromatic N) is 5. The van der Waals surface area contributed by atoms with Crippen LogP contribution < -0.4 is 42.4 Å². The number of ether oxygens (including phenoxy) is 1. The van der Waals surface area contributed by atoms with E-state index in [1.807, 2.05) is 48.5 Å². The Balaban J connectivity index is 0.957. The van der Waals surface area contributed by atoms with Gasteiger partial charge >= 0.3 is 0 Å². The number of hydrogen-bond donors (Lipinski definition) is 7. The number of aromatic nitrogens is 4. The van der Waals surface area contributed by atoms with E-state index in [0.29, 0.717) is 73.6 Å². The molecule has 2 amide bonds. The van der Waals surface area contributed by atoms with Crippen LogP contribution >= 0.6 is 0 Å². The fourth-order valence-electron chi connectivity index (χ4n) is 11.2. The molecule has 0 fully saturated rings. The number of carbonyl (C=O) groups excluding carboxylic acids is 2. The van der Waals surface area contributed by atoms with Gasteiger partial charge in [-0.2, -0.15) is 18.0 Å². The van der Waals surface area contributed by atoms with E-state index in [1.54, 1.807) is 24.3 Å². The first-order chi connectivity index (χ1) is 40.4. The molecule has 1 atom stereocenters. The fraction of sp³-hybridized carbons (Fsp3) is 0.339. The van der Waals surface area contributed by atoms with Crippen molar-refractivity contribution in [3.63, 3.8) is 0 Å². The number of carbonyl (C=O) groups is 2. The van der Waals surface area contributed by atoms with Gasteiger partial charge in [0.15, 0.2) is 16.9 Å². The maximum absolute atomic E-state index is 13.4. The third-order valence-electron chi connectivity index (χ3n) is 15.4. The summed E-state index contributed by atoms with van der Waals surface area (Å²) in [6.45, 7) is 11.4. The molecule has 0 unspecified atom stereocenters. The van der Waals surface area contributed by atoms with Crippen molar-refractivity contribution in [2.45, 2.75) is 110 Å². The van der Waals surface area contributed by atoms with Crippen molar-refractivity contribution in [3.8, 4) is 5.75 Å². The number of nitrogen functional groups attached to an aromatic ring is 1. The van der Waals surface area contributed by atoms with Crippen LogP contribution in [0.4, 0.5) is 23.0 Å². The van der Waals surface area contributed by atoms with Crippen LogP contribution in [0.3, 0.4) is 0 Å². The molecule has 2 aromatic heterocycles. The molecule has 85 heavy (non-hydrogen) atoms. The average Bonchev–Trinajstić information content (AvgIpc) is 2.13. The molecule has 0 saturated carbocycles. The lowest BCUT2D eigenvalue weighted by Gasteiger charge is -2.28. The molecule has 0 bridgehead atoms. The first-order valence-electron chi connectivity index (χ1n) is 28.2. The van der Waals surface area contributed by atoms with Crippen molar-refractivity contribution in [3.05, 3.63) is 188 Å². The van der Waals surface area contributed by atoms with E-state index in [1.165, 1.54) is 13.1 Å². The number of para-hydroxylation sites is 2. The second kappa shape index (κ2) is 25.9. The highest BCUT2D eigenvalue weighted by molar-refractivity contribution is 7.85. The zero-order chi connectivity index (χ0) is 60.7. The highest BCUT2D eigenvalue weighted by atomic mass is 32.2. The molecule has 1 aliphatic carbocycles. The summed E-state index contributed by atoms with van der Waals surface area (Å²) >= 11 is 0. The summed E-state index contributed by atoms with van der Waals surface area (Å²) < 4.78 is 76.6. The number of benzene rings is 4. The number of anilines is 3. The highest BCUT2D eigenvalue weighted by Gasteiger charge is 2.44. The molecular weight excluding hydrogens is 1120 g/mol. The van der Waals surface area contributed by atoms with Crippen molar-refractivity contribution in [2.75, 3.05) is 40.5 Å². The summed E-state index contributed by atoms with van der Waals surface area (Å²) in [5, 5.41) is 6.08. The lowest BCUT2D eigenvalue weighted by Crippen LogP contribution is -2.53. The molecular formula is C62H71N11O10S2. The van der Waals surface area contributed by atoms with Gasteiger partial charge in [0.05, 0.1) is 39.7 Å². The molecule has 2 aliphatic heterocycles. The zero-order valence-corrected chi connectivity index (χ0v) is 49.8. The van der Waals surface area contributed by atoms with Crippen LogP contribution in [0.2, 0.25) is 0 Å². The van der Waals surface area contributed by atoms with Gasteiger partial charge in [-0.15, -0.1) is 0 Å². The summed E-state index contributed by atoms with van der Waals surface area (Å²) in [4.78, 5) is 55.3. The third kappa shape index (κ3) is 15.1. The van der Waals surface area contributed by atoms with E-state index in [0.717, 1.165) is 57.0 Å². The average molecular weight is 1190 g/mol. The SMILES string of the molecule is CC(=O)N[C@@H](Cc1ccc(OC2=C(/C=C/C3=[N+](CCCCS(=O)(=O)O)c4ccccc4C3(C)C)CCC/C2=C\C=C2\N(CCCCS(=O)(=O)[O-])c3ccccc3C2(C)C)cc1)NNC(=O)c1ccc(NCc2cnc3nc(N)[nH]c(=O)c3n2)cc1. The first-order valence-corrected chi connectivity index (χ1v) is 31.4. The van der Waals surface area contributed by atoms with Crippen LogP contribution in [-0.4, -0.2) is 98.7 Å². The van der Waals surface area contributed by atoms with Crippen molar-refractivity contribution >= 4 is 71.9 Å². The predicted octanol–water partition coefficient (Wildman–Crippen LogP) is 7.90. The second-order valence-corrected chi connectivity index (χ2v) is 25.5. The standard InChI is InChI=1S/C62H71N11O10S2/c1-40(74)66-54(70-71-58(75)44-23-27-45(28-24-44)64-38-46-39-65-57-55(67-46)59(76)69-60(63)68-57)37-41-21-29-47(30-22-41)83-56-42(25-31-52-61(2,3)48-17-6-8-19-50(48)72(52)33-10-12-35-84(77,78)79)15-14-16-43(56)26-32-53-62(4,5)49-18-7-9-20-51(49)73(53)34-11-13-36-85(80,81)82/h6-9,17-32,39,54H,10-16,33-38H2,1-5H3,(H8-,63,64,65,66,67,68,69,70,71,74,75,76,77,78,79,80,81,82)/t54-/m1/s1. The summed E-state index contributed by atoms with van der Waals surface area (Å²) in [6.07, 6.45) is 13.4. The van der Waals surface area contributed by atoms with Crippen LogP contribution in [0.15, 0.2) is 155 Å². The van der Waals surface area contributed by atoms with Crippen LogP contribution in [0.1, 0.15) is 112 Å². The van der Waals surface area contributed by atoms with E-state index < -0.39 is 54.5 Å². The smallest absolute Gasteiger partial charge is 0.280 e. The molecule has 0 spiro atoms. The molecule has 8 N–H and O–H groups in total. The van der Waals surface area contributed by atoms with Crippen molar-refractivity contribution in [1.82, 2.24) is 36.1 Å². The largest absolute Gasteiger partial charge is 0.748 e. The van der Waals surface area contributed by atoms with Crippen LogP contribution in [0, 0.1) is 0 Å². The Kier molecular flexibility index (Phi) is 18.6. The number of unbranched alkanes of at least 4 members (excludes halogenated alkanes) is 2. The van der Waals surface area contributed by atoms with E-state index >= 15 is 0 Å². The summed E-state index contributed by atoms with van der Waals surface area (Å²) in [7, 11) is -8.46. The summed E-state index contributed by atoms with van der Waals surface area (Å²) in [6, 6.07) is 30.6. The third-order valence-corrected chi connectivity index (χ3v) is 17.0. The van der Waals surface area contributed by atoms with Crippen LogP contribution in [0.25, 0.3) is 11.2 Å². The van der Waals surface area contributed by atoms with Gasteiger partial charge in [-0.25, -0.2) is 23.8 Å². The molecule has 0 saturated heterocycles. The Hall–Kier alpha value is -8.35. The van der Waals surface area contributed by atoms with E-state index in [2.05, 4.69) is 127 Å². The molecule has 6 aromatic rings. The zero-order valence-electron chi connectivity index (χ0n) is 48.1. The van der Waals surface area contributed by atoms with Crippen molar-refractivity contribution in [2.24, 2.45) is 0 Å². The number of rotatable bonds is 24. The number of hydrogen-bond acceptors (Lipinski definition) is 16. The molecule has 21 nitrogen and oxygen atoms in total. The van der Waals surface area contributed by atoms with Gasteiger partial charge in [-0.1, -0.05) is 68.5 Å². The molecule has 23 heteroatoms. The lowest BCUT2D eigenvalue weighted by molar-refractivity contribution is -0.438. The minimum atomic E-state index is -4.36. The van der Waals surface area contributed by atoms with E-state index in [4.69, 9.17) is 10.5 Å². The molecule has 9 rings (SSSR count). The molecule has 0 radical (unpaired) electrons. The Morgan fingerprint density at radius 2 is 1.59 bits per heavy atom. The molecule has 446 valence electrons. The number of nitrogens with two attached hydrogens (primary N) is 1. The Bertz CT molecular complexity index is 3970. The Morgan fingerprint density at radius 3 is 2.32 bits per heavy atom. The van der Waals surface area contributed by atoms with Crippen molar-refractivity contribution in [1.29, 1.82) is 0 Å². The van der Waals surface area contributed by atoms with Gasteiger partial charge in [0, 0.05) is 77.8 Å². The quantitative estimate of drug-likeness (QED) is 0.00995. The lowest BCUT2D eigenvalue weighted by atomic mass is 9.81. The maximum atomic E-state index is 13.4. The van der Waals surface area contributed by atoms with Gasteiger partial charge in [-0.05, 0) is 129 Å². The van der Waals surface area contributed by atoms with Gasteiger partial charge in [0.25, 0.3) is 21.6 Å². The Labute approximate surface area is 494 Å². The number of fused-ring (bicyclic) bond motifs is 3. The van der Waals surface area contributed by atoms with Gasteiger partial charge in [-0.3, -0.25) is 29.3 Å². The maximum Gasteiger partial charge on any atom is 0.280 e. The van der Waals surface area contributed by atoms with Gasteiger partial charge in [0.2, 0.25) is 17.5 Å².